The molecular formula is C24H27N5O3. The molecule has 8 nitrogen and oxygen atoms in total. The fourth-order valence-electron chi connectivity index (χ4n) is 3.91. The SMILES string of the molecule is CC(=O)NC1CC(C#Cc2ccc(-c3cc([C@@H](CN)n4ccnc4[C@H](C)O)no3)cc2)C1. The average molecular weight is 434 g/mol. The molecule has 1 aliphatic carbocycles. The van der Waals surface area contributed by atoms with Crippen LogP contribution in [0.15, 0.2) is 47.2 Å². The first-order valence-corrected chi connectivity index (χ1v) is 10.7. The molecule has 0 unspecified atom stereocenters. The van der Waals surface area contributed by atoms with Crippen molar-refractivity contribution in [3.63, 3.8) is 0 Å². The fraction of sp³-hybridized carbons (Fsp3) is 0.375. The predicted octanol–water partition coefficient (Wildman–Crippen LogP) is 2.41. The number of nitrogens with one attached hydrogen (secondary N) is 1. The second-order valence-corrected chi connectivity index (χ2v) is 8.15. The van der Waals surface area contributed by atoms with Gasteiger partial charge in [0, 0.05) is 55.0 Å². The second kappa shape index (κ2) is 9.39. The molecule has 0 aliphatic heterocycles. The van der Waals surface area contributed by atoms with Gasteiger partial charge in [-0.1, -0.05) is 17.0 Å². The number of nitrogens with zero attached hydrogens (tertiary/aromatic N) is 3. The summed E-state index contributed by atoms with van der Waals surface area (Å²) in [5.41, 5.74) is 8.48. The molecule has 2 atom stereocenters. The Kier molecular flexibility index (Phi) is 6.40. The van der Waals surface area contributed by atoms with Gasteiger partial charge in [-0.2, -0.15) is 0 Å². The number of hydrogen-bond acceptors (Lipinski definition) is 6. The maximum Gasteiger partial charge on any atom is 0.217 e. The fourth-order valence-corrected chi connectivity index (χ4v) is 3.91. The van der Waals surface area contributed by atoms with Crippen molar-refractivity contribution in [3.05, 3.63) is 59.8 Å². The van der Waals surface area contributed by atoms with Gasteiger partial charge in [0.05, 0.1) is 6.04 Å². The third-order valence-electron chi connectivity index (χ3n) is 5.64. The molecule has 2 aromatic heterocycles. The van der Waals surface area contributed by atoms with E-state index in [1.165, 1.54) is 0 Å². The highest BCUT2D eigenvalue weighted by Gasteiger charge is 2.28. The van der Waals surface area contributed by atoms with Crippen LogP contribution in [-0.4, -0.2) is 38.3 Å². The van der Waals surface area contributed by atoms with Crippen molar-refractivity contribution in [3.8, 4) is 23.2 Å². The Labute approximate surface area is 186 Å². The highest BCUT2D eigenvalue weighted by Crippen LogP contribution is 2.28. The molecule has 1 saturated carbocycles. The normalized spacial score (nSPS) is 19.4. The summed E-state index contributed by atoms with van der Waals surface area (Å²) in [6.45, 7) is 3.50. The van der Waals surface area contributed by atoms with E-state index in [-0.39, 0.29) is 18.0 Å². The van der Waals surface area contributed by atoms with E-state index in [0.717, 1.165) is 24.0 Å². The summed E-state index contributed by atoms with van der Waals surface area (Å²) >= 11 is 0. The number of hydrogen-bond donors (Lipinski definition) is 3. The summed E-state index contributed by atoms with van der Waals surface area (Å²) in [6.07, 6.45) is 4.51. The summed E-state index contributed by atoms with van der Waals surface area (Å²) < 4.78 is 7.39. The molecule has 1 amide bonds. The first-order valence-electron chi connectivity index (χ1n) is 10.7. The highest BCUT2D eigenvalue weighted by molar-refractivity contribution is 5.73. The number of aliphatic hydroxyl groups is 1. The number of carbonyl (C=O) groups excluding carboxylic acids is 1. The van der Waals surface area contributed by atoms with Crippen LogP contribution in [0.1, 0.15) is 55.9 Å². The van der Waals surface area contributed by atoms with Gasteiger partial charge in [0.25, 0.3) is 0 Å². The van der Waals surface area contributed by atoms with Crippen molar-refractivity contribution < 1.29 is 14.4 Å². The van der Waals surface area contributed by atoms with Crippen LogP contribution in [0.25, 0.3) is 11.3 Å². The number of carbonyl (C=O) groups is 1. The van der Waals surface area contributed by atoms with E-state index in [0.29, 0.717) is 29.7 Å². The topological polar surface area (TPSA) is 119 Å². The Morgan fingerprint density at radius 1 is 1.38 bits per heavy atom. The minimum Gasteiger partial charge on any atom is -0.385 e. The van der Waals surface area contributed by atoms with Crippen LogP contribution in [-0.2, 0) is 4.79 Å². The summed E-state index contributed by atoms with van der Waals surface area (Å²) in [4.78, 5) is 15.3. The van der Waals surface area contributed by atoms with E-state index in [9.17, 15) is 9.90 Å². The Hall–Kier alpha value is -3.41. The van der Waals surface area contributed by atoms with Gasteiger partial charge in [0.2, 0.25) is 5.91 Å². The largest absolute Gasteiger partial charge is 0.385 e. The van der Waals surface area contributed by atoms with Crippen LogP contribution < -0.4 is 11.1 Å². The molecular weight excluding hydrogens is 406 g/mol. The zero-order valence-corrected chi connectivity index (χ0v) is 18.2. The van der Waals surface area contributed by atoms with Crippen LogP contribution in [0.4, 0.5) is 0 Å². The number of imidazole rings is 1. The maximum absolute atomic E-state index is 11.1. The van der Waals surface area contributed by atoms with Crippen molar-refractivity contribution >= 4 is 5.91 Å². The van der Waals surface area contributed by atoms with Gasteiger partial charge in [-0.05, 0) is 44.0 Å². The van der Waals surface area contributed by atoms with Gasteiger partial charge in [-0.3, -0.25) is 4.79 Å². The second-order valence-electron chi connectivity index (χ2n) is 8.15. The quantitative estimate of drug-likeness (QED) is 0.514. The van der Waals surface area contributed by atoms with Crippen molar-refractivity contribution in [1.82, 2.24) is 20.0 Å². The molecule has 1 fully saturated rings. The van der Waals surface area contributed by atoms with Gasteiger partial charge in [0.1, 0.15) is 17.6 Å². The van der Waals surface area contributed by atoms with Crippen molar-refractivity contribution in [2.45, 2.75) is 44.9 Å². The van der Waals surface area contributed by atoms with Gasteiger partial charge in [-0.15, -0.1) is 0 Å². The lowest BCUT2D eigenvalue weighted by Gasteiger charge is -2.32. The maximum atomic E-state index is 11.1. The lowest BCUT2D eigenvalue weighted by molar-refractivity contribution is -0.120. The zero-order valence-electron chi connectivity index (χ0n) is 18.2. The first kappa shape index (κ1) is 21.8. The van der Waals surface area contributed by atoms with Crippen molar-refractivity contribution in [2.75, 3.05) is 6.54 Å². The molecule has 0 saturated heterocycles. The first-order chi connectivity index (χ1) is 15.4. The van der Waals surface area contributed by atoms with Crippen molar-refractivity contribution in [1.29, 1.82) is 0 Å². The lowest BCUT2D eigenvalue weighted by Crippen LogP contribution is -2.42. The third kappa shape index (κ3) is 4.74. The molecule has 4 rings (SSSR count). The van der Waals surface area contributed by atoms with Gasteiger partial charge >= 0.3 is 0 Å². The molecule has 32 heavy (non-hydrogen) atoms. The molecule has 0 bridgehead atoms. The molecule has 2 heterocycles. The van der Waals surface area contributed by atoms with Crippen LogP contribution in [0.5, 0.6) is 0 Å². The van der Waals surface area contributed by atoms with Crippen LogP contribution in [0.2, 0.25) is 0 Å². The molecule has 3 aromatic rings. The molecule has 1 aromatic carbocycles. The van der Waals surface area contributed by atoms with Crippen LogP contribution >= 0.6 is 0 Å². The monoisotopic (exact) mass is 433 g/mol. The Balaban J connectivity index is 1.43. The van der Waals surface area contributed by atoms with Crippen LogP contribution in [0, 0.1) is 17.8 Å². The van der Waals surface area contributed by atoms with E-state index < -0.39 is 6.10 Å². The Morgan fingerprint density at radius 3 is 2.78 bits per heavy atom. The minimum atomic E-state index is -0.713. The summed E-state index contributed by atoms with van der Waals surface area (Å²) in [6, 6.07) is 9.64. The predicted molar refractivity (Wildman–Crippen MR) is 119 cm³/mol. The standard InChI is InChI=1S/C24H27N5O3/c1-15(30)24-26-9-10-29(24)22(14-25)21-13-23(32-28-21)19-7-5-17(6-8-19)3-4-18-11-20(12-18)27-16(2)31/h5-10,13,15,18,20,22,30H,11-12,14,25H2,1-2H3,(H,27,31)/t15-,18?,20?,22+/m0/s1. The number of benzene rings is 1. The molecule has 0 radical (unpaired) electrons. The number of aliphatic hydroxyl groups excluding tert-OH is 1. The molecule has 4 N–H and O–H groups in total. The summed E-state index contributed by atoms with van der Waals surface area (Å²) in [7, 11) is 0. The lowest BCUT2D eigenvalue weighted by atomic mass is 9.80. The summed E-state index contributed by atoms with van der Waals surface area (Å²) in [5, 5.41) is 17.1. The van der Waals surface area contributed by atoms with E-state index >= 15 is 0 Å². The highest BCUT2D eigenvalue weighted by atomic mass is 16.5. The smallest absolute Gasteiger partial charge is 0.217 e. The van der Waals surface area contributed by atoms with E-state index in [1.54, 1.807) is 26.2 Å². The van der Waals surface area contributed by atoms with E-state index in [4.69, 9.17) is 10.3 Å². The minimum absolute atomic E-state index is 0.0128. The number of aromatic nitrogens is 3. The van der Waals surface area contributed by atoms with E-state index in [1.807, 2.05) is 34.9 Å². The van der Waals surface area contributed by atoms with Gasteiger partial charge < -0.3 is 25.2 Å². The van der Waals surface area contributed by atoms with Gasteiger partial charge in [-0.25, -0.2) is 4.98 Å². The Bertz CT molecular complexity index is 1130. The summed E-state index contributed by atoms with van der Waals surface area (Å²) in [5.74, 6) is 7.98. The molecule has 166 valence electrons. The van der Waals surface area contributed by atoms with Crippen LogP contribution in [0.3, 0.4) is 0 Å². The Morgan fingerprint density at radius 2 is 2.12 bits per heavy atom. The number of rotatable bonds is 6. The molecule has 8 heteroatoms. The number of amides is 1. The molecule has 1 aliphatic rings. The zero-order chi connectivity index (χ0) is 22.7. The molecule has 0 spiro atoms. The van der Waals surface area contributed by atoms with E-state index in [2.05, 4.69) is 27.3 Å². The number of nitrogens with two attached hydrogens (primary N) is 1. The average Bonchev–Trinajstić information content (AvgIpc) is 3.41. The van der Waals surface area contributed by atoms with Gasteiger partial charge in [0.15, 0.2) is 5.76 Å². The van der Waals surface area contributed by atoms with Crippen molar-refractivity contribution in [2.24, 2.45) is 11.7 Å². The third-order valence-corrected chi connectivity index (χ3v) is 5.64.